The lowest BCUT2D eigenvalue weighted by Crippen LogP contribution is -1.80. The zero-order chi connectivity index (χ0) is 11.1. The summed E-state index contributed by atoms with van der Waals surface area (Å²) >= 11 is 7.24. The van der Waals surface area contributed by atoms with Gasteiger partial charge >= 0.3 is 0 Å². The predicted octanol–water partition coefficient (Wildman–Crippen LogP) is 5.52. The van der Waals surface area contributed by atoms with Gasteiger partial charge in [-0.25, -0.2) is 0 Å². The Hall–Kier alpha value is -0.860. The predicted molar refractivity (Wildman–Crippen MR) is 76.9 cm³/mol. The molecule has 0 radical (unpaired) electrons. The molecule has 3 rings (SSSR count). The molecule has 0 amide bonds. The lowest BCUT2D eigenvalue weighted by atomic mass is 10.0. The van der Waals surface area contributed by atoms with E-state index < -0.39 is 0 Å². The van der Waals surface area contributed by atoms with Crippen molar-refractivity contribution >= 4 is 53.4 Å². The van der Waals surface area contributed by atoms with Gasteiger partial charge in [-0.15, -0.1) is 0 Å². The molecule has 3 aromatic rings. The maximum atomic E-state index is 3.64. The summed E-state index contributed by atoms with van der Waals surface area (Å²) in [5.74, 6) is 0. The summed E-state index contributed by atoms with van der Waals surface area (Å²) in [6, 6.07) is 16.9. The molecule has 0 unspecified atom stereocenters. The molecule has 0 aliphatic rings. The fourth-order valence-corrected chi connectivity index (χ4v) is 3.59. The van der Waals surface area contributed by atoms with Gasteiger partial charge < -0.3 is 0 Å². The molecule has 0 atom stereocenters. The molecule has 16 heavy (non-hydrogen) atoms. The Morgan fingerprint density at radius 1 is 0.688 bits per heavy atom. The fraction of sp³-hybridized carbons (Fsp3) is 0. The van der Waals surface area contributed by atoms with Crippen molar-refractivity contribution in [3.8, 4) is 0 Å². The van der Waals surface area contributed by atoms with Crippen molar-refractivity contribution in [1.29, 1.82) is 0 Å². The van der Waals surface area contributed by atoms with Gasteiger partial charge in [0.15, 0.2) is 0 Å². The van der Waals surface area contributed by atoms with Crippen LogP contribution in [0.25, 0.3) is 21.5 Å². The molecule has 0 heterocycles. The fourth-order valence-electron chi connectivity index (χ4n) is 2.07. The third-order valence-electron chi connectivity index (χ3n) is 2.79. The lowest BCUT2D eigenvalue weighted by molar-refractivity contribution is 1.70. The zero-order valence-corrected chi connectivity index (χ0v) is 11.5. The van der Waals surface area contributed by atoms with Gasteiger partial charge in [-0.1, -0.05) is 68.3 Å². The molecular weight excluding hydrogens is 328 g/mol. The normalized spacial score (nSPS) is 11.1. The van der Waals surface area contributed by atoms with Crippen LogP contribution in [0.3, 0.4) is 0 Å². The summed E-state index contributed by atoms with van der Waals surface area (Å²) in [6.45, 7) is 0. The Balaban J connectivity index is 2.65. The van der Waals surface area contributed by atoms with Gasteiger partial charge in [0.2, 0.25) is 0 Å². The molecule has 0 saturated carbocycles. The summed E-state index contributed by atoms with van der Waals surface area (Å²) in [4.78, 5) is 0. The Kier molecular flexibility index (Phi) is 2.49. The largest absolute Gasteiger partial charge is 0.0616 e. The first-order valence-electron chi connectivity index (χ1n) is 5.03. The van der Waals surface area contributed by atoms with Gasteiger partial charge in [-0.3, -0.25) is 0 Å². The number of fused-ring (bicyclic) bond motifs is 3. The Labute approximate surface area is 111 Å². The molecule has 0 N–H and O–H groups in total. The topological polar surface area (TPSA) is 0 Å². The molecule has 3 aromatic carbocycles. The summed E-state index contributed by atoms with van der Waals surface area (Å²) < 4.78 is 2.26. The molecule has 0 aliphatic carbocycles. The summed E-state index contributed by atoms with van der Waals surface area (Å²) in [5, 5.41) is 5.07. The van der Waals surface area contributed by atoms with E-state index in [1.165, 1.54) is 21.5 Å². The van der Waals surface area contributed by atoms with E-state index in [0.29, 0.717) is 0 Å². The van der Waals surface area contributed by atoms with E-state index in [4.69, 9.17) is 0 Å². The molecule has 0 spiro atoms. The average molecular weight is 336 g/mol. The monoisotopic (exact) mass is 334 g/mol. The average Bonchev–Trinajstić information content (AvgIpc) is 2.29. The number of rotatable bonds is 0. The molecule has 0 saturated heterocycles. The van der Waals surface area contributed by atoms with Crippen molar-refractivity contribution in [3.05, 3.63) is 57.5 Å². The van der Waals surface area contributed by atoms with Crippen LogP contribution in [0, 0.1) is 0 Å². The first-order chi connectivity index (χ1) is 7.77. The van der Waals surface area contributed by atoms with Gasteiger partial charge in [0.1, 0.15) is 0 Å². The molecule has 78 valence electrons. The highest BCUT2D eigenvalue weighted by molar-refractivity contribution is 9.11. The van der Waals surface area contributed by atoms with E-state index in [1.807, 2.05) is 0 Å². The molecular formula is C14H8Br2. The van der Waals surface area contributed by atoms with Gasteiger partial charge in [0, 0.05) is 14.3 Å². The van der Waals surface area contributed by atoms with E-state index in [2.05, 4.69) is 80.4 Å². The Morgan fingerprint density at radius 3 is 2.31 bits per heavy atom. The van der Waals surface area contributed by atoms with Crippen molar-refractivity contribution < 1.29 is 0 Å². The van der Waals surface area contributed by atoms with Crippen LogP contribution in [-0.2, 0) is 0 Å². The standard InChI is InChI=1S/C14H8Br2/c15-12-7-3-6-11-10-5-2-1-4-9(10)8-13(16)14(11)12/h1-8H. The van der Waals surface area contributed by atoms with Crippen molar-refractivity contribution in [2.75, 3.05) is 0 Å². The second kappa shape index (κ2) is 3.86. The van der Waals surface area contributed by atoms with E-state index in [1.54, 1.807) is 0 Å². The van der Waals surface area contributed by atoms with Crippen LogP contribution >= 0.6 is 31.9 Å². The summed E-state index contributed by atoms with van der Waals surface area (Å²) in [6.07, 6.45) is 0. The second-order valence-corrected chi connectivity index (χ2v) is 5.45. The first-order valence-corrected chi connectivity index (χ1v) is 6.61. The maximum Gasteiger partial charge on any atom is 0.0271 e. The molecule has 0 fully saturated rings. The van der Waals surface area contributed by atoms with Crippen molar-refractivity contribution in [2.24, 2.45) is 0 Å². The first kappa shape index (κ1) is 10.3. The van der Waals surface area contributed by atoms with E-state index in [-0.39, 0.29) is 0 Å². The Bertz CT molecular complexity index is 687. The van der Waals surface area contributed by atoms with Crippen LogP contribution in [0.15, 0.2) is 57.5 Å². The maximum absolute atomic E-state index is 3.64. The van der Waals surface area contributed by atoms with E-state index in [0.717, 1.165) is 8.95 Å². The van der Waals surface area contributed by atoms with Gasteiger partial charge in [-0.05, 0) is 28.3 Å². The number of benzene rings is 3. The highest BCUT2D eigenvalue weighted by atomic mass is 79.9. The summed E-state index contributed by atoms with van der Waals surface area (Å²) in [7, 11) is 0. The van der Waals surface area contributed by atoms with Crippen molar-refractivity contribution in [2.45, 2.75) is 0 Å². The molecule has 0 aliphatic heterocycles. The molecule has 0 aromatic heterocycles. The number of hydrogen-bond acceptors (Lipinski definition) is 0. The van der Waals surface area contributed by atoms with Gasteiger partial charge in [-0.2, -0.15) is 0 Å². The molecule has 2 heteroatoms. The van der Waals surface area contributed by atoms with Crippen LogP contribution in [0.2, 0.25) is 0 Å². The SMILES string of the molecule is Brc1cccc2c1c(Br)cc1ccccc12. The van der Waals surface area contributed by atoms with Crippen molar-refractivity contribution in [1.82, 2.24) is 0 Å². The van der Waals surface area contributed by atoms with Crippen LogP contribution in [0.4, 0.5) is 0 Å². The molecule has 0 bridgehead atoms. The van der Waals surface area contributed by atoms with Crippen LogP contribution in [0.1, 0.15) is 0 Å². The van der Waals surface area contributed by atoms with Crippen LogP contribution in [-0.4, -0.2) is 0 Å². The van der Waals surface area contributed by atoms with E-state index >= 15 is 0 Å². The summed E-state index contributed by atoms with van der Waals surface area (Å²) in [5.41, 5.74) is 0. The quantitative estimate of drug-likeness (QED) is 0.474. The zero-order valence-electron chi connectivity index (χ0n) is 8.37. The van der Waals surface area contributed by atoms with Crippen LogP contribution < -0.4 is 0 Å². The third-order valence-corrected chi connectivity index (χ3v) is 4.07. The molecule has 0 nitrogen and oxygen atoms in total. The minimum Gasteiger partial charge on any atom is -0.0616 e. The highest BCUT2D eigenvalue weighted by Gasteiger charge is 2.06. The number of halogens is 2. The van der Waals surface area contributed by atoms with Crippen LogP contribution in [0.5, 0.6) is 0 Å². The van der Waals surface area contributed by atoms with E-state index in [9.17, 15) is 0 Å². The Morgan fingerprint density at radius 2 is 1.44 bits per heavy atom. The third kappa shape index (κ3) is 1.48. The smallest absolute Gasteiger partial charge is 0.0271 e. The van der Waals surface area contributed by atoms with Gasteiger partial charge in [0.05, 0.1) is 0 Å². The van der Waals surface area contributed by atoms with Crippen molar-refractivity contribution in [3.63, 3.8) is 0 Å². The minimum absolute atomic E-state index is 1.13. The van der Waals surface area contributed by atoms with Gasteiger partial charge in [0.25, 0.3) is 0 Å². The lowest BCUT2D eigenvalue weighted by Gasteiger charge is -2.07. The second-order valence-electron chi connectivity index (χ2n) is 3.74. The highest BCUT2D eigenvalue weighted by Crippen LogP contribution is 2.36. The number of hydrogen-bond donors (Lipinski definition) is 0. The minimum atomic E-state index is 1.13.